The molecular weight excluding hydrogens is 266 g/mol. The molecule has 21 heavy (non-hydrogen) atoms. The van der Waals surface area contributed by atoms with Gasteiger partial charge in [-0.05, 0) is 38.5 Å². The predicted molar refractivity (Wildman–Crippen MR) is 81.6 cm³/mol. The van der Waals surface area contributed by atoms with Crippen molar-refractivity contribution in [3.05, 3.63) is 12.4 Å². The van der Waals surface area contributed by atoms with Crippen molar-refractivity contribution in [2.75, 3.05) is 24.6 Å². The Hall–Kier alpha value is -1.36. The quantitative estimate of drug-likeness (QED) is 0.923. The third-order valence-electron chi connectivity index (χ3n) is 4.54. The first-order chi connectivity index (χ1) is 10.1. The largest absolute Gasteiger partial charge is 0.476 e. The highest BCUT2D eigenvalue weighted by molar-refractivity contribution is 5.38. The van der Waals surface area contributed by atoms with Crippen LogP contribution in [0.1, 0.15) is 45.4 Å². The Kier molecular flexibility index (Phi) is 4.29. The van der Waals surface area contributed by atoms with Crippen molar-refractivity contribution in [3.8, 4) is 5.88 Å². The molecule has 3 rings (SSSR count). The van der Waals surface area contributed by atoms with Crippen LogP contribution in [0.2, 0.25) is 0 Å². The number of hydrogen-bond donors (Lipinski definition) is 1. The molecule has 0 spiro atoms. The van der Waals surface area contributed by atoms with Crippen molar-refractivity contribution >= 4 is 5.82 Å². The number of anilines is 1. The topological polar surface area (TPSA) is 58.5 Å². The zero-order valence-electron chi connectivity index (χ0n) is 12.8. The molecule has 5 heteroatoms. The van der Waals surface area contributed by atoms with Crippen LogP contribution in [0.15, 0.2) is 12.4 Å². The molecule has 1 atom stereocenters. The monoisotopic (exact) mass is 291 g/mol. The summed E-state index contributed by atoms with van der Waals surface area (Å²) in [7, 11) is 0. The molecule has 116 valence electrons. The van der Waals surface area contributed by atoms with Gasteiger partial charge in [0.15, 0.2) is 5.82 Å². The molecule has 0 bridgehead atoms. The molecule has 0 amide bonds. The smallest absolute Gasteiger partial charge is 0.234 e. The lowest BCUT2D eigenvalue weighted by molar-refractivity contribution is 0.0446. The first-order valence-electron chi connectivity index (χ1n) is 8.05. The van der Waals surface area contributed by atoms with E-state index < -0.39 is 5.60 Å². The van der Waals surface area contributed by atoms with E-state index in [1.165, 1.54) is 25.7 Å². The van der Waals surface area contributed by atoms with E-state index in [0.29, 0.717) is 18.3 Å². The maximum absolute atomic E-state index is 10.2. The minimum absolute atomic E-state index is 0.601. The standard InChI is InChI=1S/C16H25N3O2/c1-16(20)7-4-8-19(12-16)14-9-17-10-15(18-14)21-11-13-5-2-3-6-13/h9-10,13,20H,2-8,11-12H2,1H3/t16-/m0/s1. The Balaban J connectivity index is 1.62. The van der Waals surface area contributed by atoms with Crippen LogP contribution in [0.25, 0.3) is 0 Å². The second kappa shape index (κ2) is 6.18. The van der Waals surface area contributed by atoms with Crippen molar-refractivity contribution in [1.29, 1.82) is 0 Å². The van der Waals surface area contributed by atoms with Gasteiger partial charge in [-0.2, -0.15) is 4.98 Å². The second-order valence-electron chi connectivity index (χ2n) is 6.70. The normalized spacial score (nSPS) is 27.0. The van der Waals surface area contributed by atoms with Crippen molar-refractivity contribution in [3.63, 3.8) is 0 Å². The number of aliphatic hydroxyl groups is 1. The Labute approximate surface area is 126 Å². The fraction of sp³-hybridized carbons (Fsp3) is 0.750. The van der Waals surface area contributed by atoms with Gasteiger partial charge in [-0.25, -0.2) is 0 Å². The molecule has 5 nitrogen and oxygen atoms in total. The van der Waals surface area contributed by atoms with Gasteiger partial charge in [0.1, 0.15) is 0 Å². The highest BCUT2D eigenvalue weighted by Crippen LogP contribution is 2.27. The summed E-state index contributed by atoms with van der Waals surface area (Å²) in [6.07, 6.45) is 10.4. The molecule has 0 aromatic carbocycles. The third kappa shape index (κ3) is 3.84. The van der Waals surface area contributed by atoms with Crippen LogP contribution in [-0.2, 0) is 0 Å². The minimum atomic E-state index is -0.638. The maximum atomic E-state index is 10.2. The van der Waals surface area contributed by atoms with Gasteiger partial charge in [-0.3, -0.25) is 4.98 Å². The number of aromatic nitrogens is 2. The summed E-state index contributed by atoms with van der Waals surface area (Å²) in [6, 6.07) is 0. The van der Waals surface area contributed by atoms with Crippen LogP contribution in [-0.4, -0.2) is 40.4 Å². The molecule has 1 saturated heterocycles. The first-order valence-corrected chi connectivity index (χ1v) is 8.05. The van der Waals surface area contributed by atoms with Gasteiger partial charge < -0.3 is 14.7 Å². The van der Waals surface area contributed by atoms with Crippen molar-refractivity contribution in [1.82, 2.24) is 9.97 Å². The molecule has 1 N–H and O–H groups in total. The number of rotatable bonds is 4. The van der Waals surface area contributed by atoms with Crippen molar-refractivity contribution < 1.29 is 9.84 Å². The van der Waals surface area contributed by atoms with Crippen LogP contribution in [0, 0.1) is 5.92 Å². The SMILES string of the molecule is C[C@]1(O)CCCN(c2cncc(OCC3CCCC3)n2)C1. The zero-order chi connectivity index (χ0) is 14.7. The molecule has 2 fully saturated rings. The molecule has 1 aliphatic heterocycles. The van der Waals surface area contributed by atoms with Crippen LogP contribution < -0.4 is 9.64 Å². The number of ether oxygens (including phenoxy) is 1. The second-order valence-corrected chi connectivity index (χ2v) is 6.70. The van der Waals surface area contributed by atoms with Gasteiger partial charge in [-0.15, -0.1) is 0 Å². The molecule has 1 aromatic heterocycles. The molecule has 2 aliphatic rings. The molecular formula is C16H25N3O2. The molecule has 1 aliphatic carbocycles. The average molecular weight is 291 g/mol. The highest BCUT2D eigenvalue weighted by Gasteiger charge is 2.29. The fourth-order valence-electron chi connectivity index (χ4n) is 3.36. The fourth-order valence-corrected chi connectivity index (χ4v) is 3.36. The number of nitrogens with zero attached hydrogens (tertiary/aromatic N) is 3. The van der Waals surface area contributed by atoms with E-state index in [-0.39, 0.29) is 0 Å². The van der Waals surface area contributed by atoms with E-state index in [1.807, 2.05) is 6.92 Å². The Morgan fingerprint density at radius 2 is 2.14 bits per heavy atom. The Bertz CT molecular complexity index is 472. The van der Waals surface area contributed by atoms with Crippen LogP contribution in [0.4, 0.5) is 5.82 Å². The van der Waals surface area contributed by atoms with E-state index in [9.17, 15) is 5.11 Å². The van der Waals surface area contributed by atoms with E-state index in [1.54, 1.807) is 12.4 Å². The summed E-state index contributed by atoms with van der Waals surface area (Å²) in [4.78, 5) is 10.9. The summed E-state index contributed by atoms with van der Waals surface area (Å²) >= 11 is 0. The van der Waals surface area contributed by atoms with Gasteiger partial charge in [0.2, 0.25) is 5.88 Å². The predicted octanol–water partition coefficient (Wildman–Crippen LogP) is 2.40. The Morgan fingerprint density at radius 1 is 1.33 bits per heavy atom. The number of piperidine rings is 1. The van der Waals surface area contributed by atoms with E-state index >= 15 is 0 Å². The third-order valence-corrected chi connectivity index (χ3v) is 4.54. The lowest BCUT2D eigenvalue weighted by Gasteiger charge is -2.37. The van der Waals surface area contributed by atoms with Gasteiger partial charge >= 0.3 is 0 Å². The molecule has 1 aromatic rings. The van der Waals surface area contributed by atoms with Crippen molar-refractivity contribution in [2.24, 2.45) is 5.92 Å². The van der Waals surface area contributed by atoms with E-state index in [0.717, 1.165) is 31.8 Å². The summed E-state index contributed by atoms with van der Waals surface area (Å²) in [5.74, 6) is 2.08. The zero-order valence-corrected chi connectivity index (χ0v) is 12.8. The van der Waals surface area contributed by atoms with Crippen LogP contribution in [0.5, 0.6) is 5.88 Å². The lowest BCUT2D eigenvalue weighted by atomic mass is 9.95. The van der Waals surface area contributed by atoms with Gasteiger partial charge in [0, 0.05) is 13.1 Å². The van der Waals surface area contributed by atoms with Crippen LogP contribution in [0.3, 0.4) is 0 Å². The van der Waals surface area contributed by atoms with Gasteiger partial charge in [-0.1, -0.05) is 12.8 Å². The maximum Gasteiger partial charge on any atom is 0.234 e. The number of β-amino-alcohol motifs (C(OH)–C–C–N with tert-alkyl or cyclic N) is 1. The van der Waals surface area contributed by atoms with Gasteiger partial charge in [0.25, 0.3) is 0 Å². The Morgan fingerprint density at radius 3 is 2.90 bits per heavy atom. The molecule has 0 unspecified atom stereocenters. The summed E-state index contributed by atoms with van der Waals surface area (Å²) in [5.41, 5.74) is -0.638. The summed E-state index contributed by atoms with van der Waals surface area (Å²) in [6.45, 7) is 4.15. The van der Waals surface area contributed by atoms with Gasteiger partial charge in [0.05, 0.1) is 24.6 Å². The molecule has 1 saturated carbocycles. The molecule has 0 radical (unpaired) electrons. The summed E-state index contributed by atoms with van der Waals surface area (Å²) in [5, 5.41) is 10.2. The highest BCUT2D eigenvalue weighted by atomic mass is 16.5. The number of hydrogen-bond acceptors (Lipinski definition) is 5. The van der Waals surface area contributed by atoms with E-state index in [2.05, 4.69) is 14.9 Å². The molecule has 2 heterocycles. The van der Waals surface area contributed by atoms with E-state index in [4.69, 9.17) is 4.74 Å². The lowest BCUT2D eigenvalue weighted by Crippen LogP contribution is -2.46. The van der Waals surface area contributed by atoms with Crippen molar-refractivity contribution in [2.45, 2.75) is 51.0 Å². The minimum Gasteiger partial charge on any atom is -0.476 e. The average Bonchev–Trinajstić information content (AvgIpc) is 2.98. The summed E-state index contributed by atoms with van der Waals surface area (Å²) < 4.78 is 5.81. The van der Waals surface area contributed by atoms with Crippen LogP contribution >= 0.6 is 0 Å². The first kappa shape index (κ1) is 14.6.